The quantitative estimate of drug-likeness (QED) is 0.760. The molecule has 0 amide bonds. The predicted molar refractivity (Wildman–Crippen MR) is 77.9 cm³/mol. The molecule has 0 spiro atoms. The van der Waals surface area contributed by atoms with Crippen LogP contribution in [0, 0.1) is 0 Å². The molecule has 1 aromatic heterocycles. The second kappa shape index (κ2) is 6.74. The predicted octanol–water partition coefficient (Wildman–Crippen LogP) is 2.34. The van der Waals surface area contributed by atoms with Crippen molar-refractivity contribution in [2.24, 2.45) is 0 Å². The highest BCUT2D eigenvalue weighted by Gasteiger charge is 2.39. The number of hydrogen-bond acceptors (Lipinski definition) is 4. The van der Waals surface area contributed by atoms with Crippen LogP contribution in [0.3, 0.4) is 0 Å². The molecule has 5 nitrogen and oxygen atoms in total. The van der Waals surface area contributed by atoms with E-state index in [9.17, 15) is 8.42 Å². The zero-order chi connectivity index (χ0) is 14.6. The first-order valence-electron chi connectivity index (χ1n) is 7.40. The lowest BCUT2D eigenvalue weighted by atomic mass is 10.3. The second-order valence-corrected chi connectivity index (χ2v) is 7.02. The summed E-state index contributed by atoms with van der Waals surface area (Å²) in [5.41, 5.74) is 0. The van der Waals surface area contributed by atoms with Gasteiger partial charge in [-0.25, -0.2) is 8.42 Å². The maximum atomic E-state index is 12.6. The normalized spacial score (nSPS) is 15.9. The number of hydrogen-bond donors (Lipinski definition) is 1. The summed E-state index contributed by atoms with van der Waals surface area (Å²) < 4.78 is 32.4. The van der Waals surface area contributed by atoms with Crippen LogP contribution in [-0.2, 0) is 16.6 Å². The molecule has 0 aliphatic heterocycles. The number of rotatable bonds is 9. The Balaban J connectivity index is 2.12. The van der Waals surface area contributed by atoms with Crippen LogP contribution in [0.1, 0.15) is 45.3 Å². The van der Waals surface area contributed by atoms with E-state index >= 15 is 0 Å². The van der Waals surface area contributed by atoms with Crippen molar-refractivity contribution in [2.75, 3.05) is 13.1 Å². The average Bonchev–Trinajstić information content (AvgIpc) is 3.13. The molecule has 1 saturated carbocycles. The molecular formula is C14H24N2O3S. The number of nitrogens with zero attached hydrogens (tertiary/aromatic N) is 1. The van der Waals surface area contributed by atoms with E-state index in [1.54, 1.807) is 16.4 Å². The summed E-state index contributed by atoms with van der Waals surface area (Å²) in [5.74, 6) is 0.664. The number of furan rings is 1. The minimum Gasteiger partial charge on any atom is -0.447 e. The summed E-state index contributed by atoms with van der Waals surface area (Å²) in [7, 11) is -3.48. The Labute approximate surface area is 121 Å². The third-order valence-corrected chi connectivity index (χ3v) is 5.26. The van der Waals surface area contributed by atoms with Crippen molar-refractivity contribution in [3.63, 3.8) is 0 Å². The van der Waals surface area contributed by atoms with E-state index in [-0.39, 0.29) is 11.1 Å². The van der Waals surface area contributed by atoms with Crippen LogP contribution < -0.4 is 5.32 Å². The minimum absolute atomic E-state index is 0.0772. The van der Waals surface area contributed by atoms with Gasteiger partial charge in [0.25, 0.3) is 10.0 Å². The van der Waals surface area contributed by atoms with Gasteiger partial charge in [0.1, 0.15) is 5.76 Å². The molecule has 0 saturated heterocycles. The summed E-state index contributed by atoms with van der Waals surface area (Å²) in [5, 5.41) is 3.20. The standard InChI is InChI=1S/C14H24N2O3S/c1-3-5-10-16(12-6-7-12)20(17,18)14-9-8-13(19-14)11-15-4-2/h8-9,12,15H,3-7,10-11H2,1-2H3. The summed E-state index contributed by atoms with van der Waals surface area (Å²) >= 11 is 0. The van der Waals surface area contributed by atoms with Crippen molar-refractivity contribution in [1.29, 1.82) is 0 Å². The molecule has 0 bridgehead atoms. The van der Waals surface area contributed by atoms with E-state index in [1.165, 1.54) is 0 Å². The number of sulfonamides is 1. The SMILES string of the molecule is CCCCN(C1CC1)S(=O)(=O)c1ccc(CNCC)o1. The molecule has 1 aliphatic carbocycles. The van der Waals surface area contributed by atoms with E-state index in [4.69, 9.17) is 4.42 Å². The zero-order valence-corrected chi connectivity index (χ0v) is 13.1. The Morgan fingerprint density at radius 2 is 2.10 bits per heavy atom. The van der Waals surface area contributed by atoms with Crippen molar-refractivity contribution in [1.82, 2.24) is 9.62 Å². The topological polar surface area (TPSA) is 62.6 Å². The Kier molecular flexibility index (Phi) is 5.23. The Hall–Kier alpha value is -0.850. The lowest BCUT2D eigenvalue weighted by Gasteiger charge is -2.19. The maximum absolute atomic E-state index is 12.6. The molecule has 1 aromatic rings. The Morgan fingerprint density at radius 1 is 1.35 bits per heavy atom. The van der Waals surface area contributed by atoms with Gasteiger partial charge in [-0.2, -0.15) is 4.31 Å². The molecule has 114 valence electrons. The monoisotopic (exact) mass is 300 g/mol. The number of unbranched alkanes of at least 4 members (excludes halogenated alkanes) is 1. The number of nitrogens with one attached hydrogen (secondary N) is 1. The third-order valence-electron chi connectivity index (χ3n) is 3.44. The lowest BCUT2D eigenvalue weighted by Crippen LogP contribution is -2.33. The molecule has 6 heteroatoms. The third kappa shape index (κ3) is 3.62. The summed E-state index contributed by atoms with van der Waals surface area (Å²) in [4.78, 5) is 0. The van der Waals surface area contributed by atoms with Gasteiger partial charge in [0, 0.05) is 12.6 Å². The fourth-order valence-corrected chi connectivity index (χ4v) is 3.79. The van der Waals surface area contributed by atoms with Crippen LogP contribution in [0.2, 0.25) is 0 Å². The first-order valence-corrected chi connectivity index (χ1v) is 8.84. The van der Waals surface area contributed by atoms with Crippen molar-refractivity contribution in [3.05, 3.63) is 17.9 Å². The van der Waals surface area contributed by atoms with E-state index in [1.807, 2.05) is 6.92 Å². The first kappa shape index (κ1) is 15.5. The first-order chi connectivity index (χ1) is 9.59. The van der Waals surface area contributed by atoms with Crippen molar-refractivity contribution in [3.8, 4) is 0 Å². The Bertz CT molecular complexity index is 520. The molecule has 0 atom stereocenters. The fourth-order valence-electron chi connectivity index (χ4n) is 2.13. The molecule has 1 aliphatic rings. The molecule has 1 N–H and O–H groups in total. The average molecular weight is 300 g/mol. The van der Waals surface area contributed by atoms with Crippen molar-refractivity contribution < 1.29 is 12.8 Å². The molecule has 20 heavy (non-hydrogen) atoms. The maximum Gasteiger partial charge on any atom is 0.276 e. The van der Waals surface area contributed by atoms with Crippen LogP contribution >= 0.6 is 0 Å². The zero-order valence-electron chi connectivity index (χ0n) is 12.3. The summed E-state index contributed by atoms with van der Waals surface area (Å²) in [6.45, 7) is 6.05. The summed E-state index contributed by atoms with van der Waals surface area (Å²) in [6.07, 6.45) is 3.81. The van der Waals surface area contributed by atoms with Gasteiger partial charge in [0.15, 0.2) is 0 Å². The molecule has 0 unspecified atom stereocenters. The van der Waals surface area contributed by atoms with Gasteiger partial charge in [-0.05, 0) is 37.9 Å². The van der Waals surface area contributed by atoms with E-state index < -0.39 is 10.0 Å². The van der Waals surface area contributed by atoms with Gasteiger partial charge >= 0.3 is 0 Å². The Morgan fingerprint density at radius 3 is 2.70 bits per heavy atom. The lowest BCUT2D eigenvalue weighted by molar-refractivity contribution is 0.355. The van der Waals surface area contributed by atoms with Gasteiger partial charge in [-0.15, -0.1) is 0 Å². The molecule has 2 rings (SSSR count). The highest BCUT2D eigenvalue weighted by Crippen LogP contribution is 2.32. The van der Waals surface area contributed by atoms with E-state index in [0.717, 1.165) is 32.2 Å². The van der Waals surface area contributed by atoms with Crippen LogP contribution in [0.5, 0.6) is 0 Å². The van der Waals surface area contributed by atoms with Crippen LogP contribution in [0.25, 0.3) is 0 Å². The van der Waals surface area contributed by atoms with Crippen molar-refractivity contribution in [2.45, 2.75) is 57.2 Å². The largest absolute Gasteiger partial charge is 0.447 e. The minimum atomic E-state index is -3.48. The van der Waals surface area contributed by atoms with Gasteiger partial charge in [0.2, 0.25) is 5.09 Å². The fraction of sp³-hybridized carbons (Fsp3) is 0.714. The smallest absolute Gasteiger partial charge is 0.276 e. The van der Waals surface area contributed by atoms with Gasteiger partial charge in [-0.1, -0.05) is 20.3 Å². The molecular weight excluding hydrogens is 276 g/mol. The highest BCUT2D eigenvalue weighted by molar-refractivity contribution is 7.89. The van der Waals surface area contributed by atoms with Gasteiger partial charge in [-0.3, -0.25) is 0 Å². The van der Waals surface area contributed by atoms with E-state index in [2.05, 4.69) is 12.2 Å². The van der Waals surface area contributed by atoms with Gasteiger partial charge in [0.05, 0.1) is 6.54 Å². The summed E-state index contributed by atoms with van der Waals surface area (Å²) in [6, 6.07) is 3.48. The highest BCUT2D eigenvalue weighted by atomic mass is 32.2. The van der Waals surface area contributed by atoms with E-state index in [0.29, 0.717) is 18.8 Å². The van der Waals surface area contributed by atoms with Crippen LogP contribution in [0.15, 0.2) is 21.6 Å². The van der Waals surface area contributed by atoms with Crippen molar-refractivity contribution >= 4 is 10.0 Å². The second-order valence-electron chi connectivity index (χ2n) is 5.20. The van der Waals surface area contributed by atoms with Crippen LogP contribution in [0.4, 0.5) is 0 Å². The molecule has 1 heterocycles. The van der Waals surface area contributed by atoms with Gasteiger partial charge < -0.3 is 9.73 Å². The van der Waals surface area contributed by atoms with Crippen LogP contribution in [-0.4, -0.2) is 31.9 Å². The molecule has 0 radical (unpaired) electrons. The molecule has 0 aromatic carbocycles. The molecule has 1 fully saturated rings.